The van der Waals surface area contributed by atoms with E-state index in [2.05, 4.69) is 23.3 Å². The third kappa shape index (κ3) is 44.6. The number of aliphatic hydroxyl groups excluding tert-OH is 1. The van der Waals surface area contributed by atoms with E-state index in [0.717, 1.165) is 0 Å². The summed E-state index contributed by atoms with van der Waals surface area (Å²) in [6, 6.07) is 0. The summed E-state index contributed by atoms with van der Waals surface area (Å²) in [6.07, 6.45) is 0. The minimum atomic E-state index is 0. The molecule has 0 heterocycles. The molecule has 6 heavy (non-hydrogen) atoms. The summed E-state index contributed by atoms with van der Waals surface area (Å²) in [6.45, 7) is 1.93. The second-order valence-corrected chi connectivity index (χ2v) is 0.316. The van der Waals surface area contributed by atoms with E-state index in [1.165, 1.54) is 0 Å². The Morgan fingerprint density at radius 1 is 1.67 bits per heavy atom. The summed E-state index contributed by atoms with van der Waals surface area (Å²) in [5.41, 5.74) is 0. The second kappa shape index (κ2) is 30.2. The van der Waals surface area contributed by atoms with Crippen LogP contribution in [0.25, 0.3) is 0 Å². The van der Waals surface area contributed by atoms with Gasteiger partial charge < -0.3 is 6.53 Å². The predicted octanol–water partition coefficient (Wildman–Crippen LogP) is -2.12. The Balaban J connectivity index is -0.0000000105. The molecule has 0 aliphatic heterocycles. The Labute approximate surface area is 72.5 Å². The van der Waals surface area contributed by atoms with Crippen LogP contribution < -0.4 is 29.6 Å². The van der Waals surface area contributed by atoms with Gasteiger partial charge in [-0.3, -0.25) is 0 Å². The van der Waals surface area contributed by atoms with Crippen LogP contribution in [0.15, 0.2) is 0 Å². The molecular formula is C2H9NaOS2. The van der Waals surface area contributed by atoms with Crippen LogP contribution in [-0.2, 0) is 0 Å². The van der Waals surface area contributed by atoms with E-state index >= 15 is 0 Å². The van der Waals surface area contributed by atoms with Gasteiger partial charge in [-0.1, -0.05) is 0 Å². The fourth-order valence-corrected chi connectivity index (χ4v) is 0. The van der Waals surface area contributed by atoms with Crippen LogP contribution >= 0.6 is 23.3 Å². The second-order valence-electron chi connectivity index (χ2n) is 0.316. The first-order valence-electron chi connectivity index (χ1n) is 1.22. The average molecular weight is 136 g/mol. The molecule has 0 spiro atoms. The van der Waals surface area contributed by atoms with Gasteiger partial charge in [0.2, 0.25) is 0 Å². The van der Waals surface area contributed by atoms with E-state index < -0.39 is 0 Å². The van der Waals surface area contributed by atoms with Gasteiger partial charge in [0, 0.05) is 6.61 Å². The molecule has 0 aromatic rings. The molecule has 0 fully saturated rings. The average Bonchev–Trinajstić information content (AvgIpc) is 1.46. The van der Waals surface area contributed by atoms with E-state index in [0.29, 0.717) is 0 Å². The maximum atomic E-state index is 7.57. The molecule has 0 aromatic carbocycles. The standard InChI is InChI=1S/C2H6O.Na.H2S2.H/c1-2-3;;1-2;/h3H,2H2,1H3;;1-2H;/q;+1;;-1. The van der Waals surface area contributed by atoms with Crippen LogP contribution in [0.5, 0.6) is 0 Å². The van der Waals surface area contributed by atoms with Gasteiger partial charge in [-0.05, 0) is 6.92 Å². The summed E-state index contributed by atoms with van der Waals surface area (Å²) < 4.78 is 0. The Morgan fingerprint density at radius 3 is 1.67 bits per heavy atom. The first-order chi connectivity index (χ1) is 2.41. The maximum Gasteiger partial charge on any atom is 1.00 e. The molecule has 0 bridgehead atoms. The molecule has 0 unspecified atom stereocenters. The van der Waals surface area contributed by atoms with E-state index in [1.54, 1.807) is 6.92 Å². The van der Waals surface area contributed by atoms with Crippen molar-refractivity contribution in [3.63, 3.8) is 0 Å². The van der Waals surface area contributed by atoms with Crippen LogP contribution in [0, 0.1) is 0 Å². The van der Waals surface area contributed by atoms with Crippen molar-refractivity contribution in [2.24, 2.45) is 0 Å². The first kappa shape index (κ1) is 15.6. The van der Waals surface area contributed by atoms with Gasteiger partial charge in [-0.15, -0.1) is 23.3 Å². The molecule has 0 aliphatic carbocycles. The molecule has 0 atom stereocenters. The SMILES string of the molecule is CCO.SS.[H-].[Na+]. The molecule has 1 N–H and O–H groups in total. The molecule has 0 radical (unpaired) electrons. The number of hydrogen-bond acceptors (Lipinski definition) is 3. The zero-order valence-electron chi connectivity index (χ0n) is 5.05. The van der Waals surface area contributed by atoms with E-state index in [4.69, 9.17) is 5.11 Å². The minimum absolute atomic E-state index is 0. The fourth-order valence-electron chi connectivity index (χ4n) is 0. The van der Waals surface area contributed by atoms with Crippen molar-refractivity contribution in [2.75, 3.05) is 6.61 Å². The third-order valence-corrected chi connectivity index (χ3v) is 0. The van der Waals surface area contributed by atoms with Gasteiger partial charge >= 0.3 is 29.6 Å². The van der Waals surface area contributed by atoms with Gasteiger partial charge in [0.1, 0.15) is 0 Å². The summed E-state index contributed by atoms with van der Waals surface area (Å²) in [5, 5.41) is 7.57. The fraction of sp³-hybridized carbons (Fsp3) is 1.00. The van der Waals surface area contributed by atoms with Crippen LogP contribution in [0.1, 0.15) is 8.35 Å². The number of thiol groups is 2. The van der Waals surface area contributed by atoms with Gasteiger partial charge in [-0.25, -0.2) is 0 Å². The molecule has 0 saturated carbocycles. The Morgan fingerprint density at radius 2 is 1.67 bits per heavy atom. The number of hydrogen-bond donors (Lipinski definition) is 3. The van der Waals surface area contributed by atoms with E-state index in [-0.39, 0.29) is 37.6 Å². The van der Waals surface area contributed by atoms with Crippen molar-refractivity contribution in [3.05, 3.63) is 0 Å². The summed E-state index contributed by atoms with van der Waals surface area (Å²) in [5.74, 6) is 0. The maximum absolute atomic E-state index is 7.57. The summed E-state index contributed by atoms with van der Waals surface area (Å²) in [4.78, 5) is 0. The number of rotatable bonds is 0. The Bertz CT molecular complexity index is 15.7. The van der Waals surface area contributed by atoms with E-state index in [1.807, 2.05) is 0 Å². The van der Waals surface area contributed by atoms with Crippen molar-refractivity contribution in [3.8, 4) is 0 Å². The third-order valence-electron chi connectivity index (χ3n) is 0. The monoisotopic (exact) mass is 136 g/mol. The van der Waals surface area contributed by atoms with Crippen molar-refractivity contribution >= 4 is 23.3 Å². The molecule has 4 heteroatoms. The van der Waals surface area contributed by atoms with Gasteiger partial charge in [0.15, 0.2) is 0 Å². The van der Waals surface area contributed by atoms with Crippen LogP contribution in [0.4, 0.5) is 0 Å². The molecule has 1 nitrogen and oxygen atoms in total. The Hall–Kier alpha value is 1.66. The van der Waals surface area contributed by atoms with Crippen molar-refractivity contribution in [2.45, 2.75) is 6.92 Å². The van der Waals surface area contributed by atoms with Crippen LogP contribution in [0.2, 0.25) is 0 Å². The smallest absolute Gasteiger partial charge is 1.00 e. The normalized spacial score (nSPS) is 4.00. The first-order valence-corrected chi connectivity index (χ1v) is 2.82. The molecule has 0 aromatic heterocycles. The molecule has 0 aliphatic rings. The van der Waals surface area contributed by atoms with E-state index in [9.17, 15) is 0 Å². The molecule has 0 amide bonds. The van der Waals surface area contributed by atoms with Crippen LogP contribution in [-0.4, -0.2) is 11.7 Å². The predicted molar refractivity (Wildman–Crippen MR) is 31.8 cm³/mol. The number of aliphatic hydroxyl groups is 1. The molecule has 0 saturated heterocycles. The quantitative estimate of drug-likeness (QED) is 0.197. The van der Waals surface area contributed by atoms with Crippen molar-refractivity contribution < 1.29 is 36.1 Å². The summed E-state index contributed by atoms with van der Waals surface area (Å²) in [7, 11) is 0. The molecular weight excluding hydrogens is 127 g/mol. The minimum Gasteiger partial charge on any atom is -1.00 e. The molecule has 0 rings (SSSR count). The van der Waals surface area contributed by atoms with Crippen molar-refractivity contribution in [1.82, 2.24) is 0 Å². The zero-order valence-corrected chi connectivity index (χ0v) is 7.84. The zero-order chi connectivity index (χ0) is 4.71. The largest absolute Gasteiger partial charge is 1.00 e. The van der Waals surface area contributed by atoms with Crippen LogP contribution in [0.3, 0.4) is 0 Å². The van der Waals surface area contributed by atoms with Crippen molar-refractivity contribution in [1.29, 1.82) is 0 Å². The van der Waals surface area contributed by atoms with Gasteiger partial charge in [0.25, 0.3) is 0 Å². The van der Waals surface area contributed by atoms with Gasteiger partial charge in [-0.2, -0.15) is 0 Å². The molecule has 36 valence electrons. The topological polar surface area (TPSA) is 20.2 Å². The Kier molecular flexibility index (Phi) is 78.6. The van der Waals surface area contributed by atoms with Gasteiger partial charge in [0.05, 0.1) is 0 Å². The summed E-state index contributed by atoms with van der Waals surface area (Å²) >= 11 is 6.44.